The maximum absolute atomic E-state index is 13.5. The van der Waals surface area contributed by atoms with Crippen LogP contribution in [0.2, 0.25) is 0 Å². The van der Waals surface area contributed by atoms with E-state index < -0.39 is 86.2 Å². The molecule has 0 amide bonds. The number of hydrogen-bond donors (Lipinski definition) is 1. The number of anilines is 1. The highest BCUT2D eigenvalue weighted by molar-refractivity contribution is 7.92. The molecule has 0 saturated heterocycles. The molecule has 1 heterocycles. The molecule has 0 fully saturated rings. The molecule has 0 saturated carbocycles. The number of rotatable bonds is 6. The topological polar surface area (TPSA) is 120 Å². The molecule has 3 rings (SSSR count). The van der Waals surface area contributed by atoms with Gasteiger partial charge in [-0.05, 0) is 64.1 Å². The molecule has 0 bridgehead atoms. The fraction of sp³-hybridized carbons (Fsp3) is 0.333. The van der Waals surface area contributed by atoms with Gasteiger partial charge in [-0.25, -0.2) is 26.8 Å². The Morgan fingerprint density at radius 3 is 1.49 bits per heavy atom. The maximum atomic E-state index is 13.5. The number of alkyl halides is 6. The van der Waals surface area contributed by atoms with Gasteiger partial charge in [0.2, 0.25) is 0 Å². The molecule has 0 aliphatic heterocycles. The summed E-state index contributed by atoms with van der Waals surface area (Å²) in [6.45, 7) is 5.28. The fourth-order valence-corrected chi connectivity index (χ4v) is 6.00. The highest BCUT2D eigenvalue weighted by atomic mass is 32.2. The summed E-state index contributed by atoms with van der Waals surface area (Å²) < 4.78 is 132. The Balaban J connectivity index is 2.34. The van der Waals surface area contributed by atoms with Crippen LogP contribution in [0.15, 0.2) is 52.4 Å². The number of nitrogens with zero attached hydrogens (tertiary/aromatic N) is 2. The minimum Gasteiger partial charge on any atom is -0.383 e. The summed E-state index contributed by atoms with van der Waals surface area (Å²) in [7, 11) is -8.28. The summed E-state index contributed by atoms with van der Waals surface area (Å²) in [5, 5.41) is -2.05. The van der Waals surface area contributed by atoms with Crippen LogP contribution in [0.1, 0.15) is 38.8 Å². The Bertz CT molecular complexity index is 1630. The fourth-order valence-electron chi connectivity index (χ4n) is 3.53. The van der Waals surface area contributed by atoms with Crippen LogP contribution in [-0.2, 0) is 32.0 Å². The largest absolute Gasteiger partial charge is 0.416 e. The summed E-state index contributed by atoms with van der Waals surface area (Å²) in [5.74, 6) is -1.13. The molecule has 212 valence electrons. The first kappa shape index (κ1) is 30.3. The van der Waals surface area contributed by atoms with Crippen molar-refractivity contribution in [1.29, 1.82) is 0 Å². The third-order valence-electron chi connectivity index (χ3n) is 5.82. The van der Waals surface area contributed by atoms with Crippen molar-refractivity contribution in [3.05, 3.63) is 53.7 Å². The normalized spacial score (nSPS) is 13.3. The lowest BCUT2D eigenvalue weighted by atomic mass is 10.0. The van der Waals surface area contributed by atoms with Gasteiger partial charge in [-0.1, -0.05) is 0 Å². The van der Waals surface area contributed by atoms with Crippen LogP contribution >= 0.6 is 0 Å². The smallest absolute Gasteiger partial charge is 0.383 e. The second kappa shape index (κ2) is 10.1. The van der Waals surface area contributed by atoms with Crippen LogP contribution in [0.5, 0.6) is 0 Å². The molecule has 0 atom stereocenters. The SMILES string of the molecule is CC(C)S(=O)(=O)c1ccc(C(F)(F)F)cc1-c1ncc(-c2cc(C(F)(F)F)ccc2S(=O)(=O)C(C)C)c(N)n1. The third kappa shape index (κ3) is 5.88. The standard InChI is InChI=1S/C24H23F6N3O4S2/c1-12(2)38(34,35)19-7-5-14(23(25,26)27)9-16(19)18-11-32-22(33-21(18)31)17-10-15(24(28,29)30)6-8-20(17)39(36,37)13(3)4/h5-13H,1-4H3,(H2,31,32,33). The van der Waals surface area contributed by atoms with Crippen LogP contribution in [0.25, 0.3) is 22.5 Å². The van der Waals surface area contributed by atoms with Crippen molar-refractivity contribution in [3.8, 4) is 22.5 Å². The van der Waals surface area contributed by atoms with Gasteiger partial charge < -0.3 is 5.73 Å². The second-order valence-corrected chi connectivity index (χ2v) is 14.0. The quantitative estimate of drug-likeness (QED) is 0.358. The predicted molar refractivity (Wildman–Crippen MR) is 132 cm³/mol. The third-order valence-corrected chi connectivity index (χ3v) is 10.2. The zero-order chi connectivity index (χ0) is 29.7. The van der Waals surface area contributed by atoms with Crippen LogP contribution in [0, 0.1) is 0 Å². The molecule has 0 radical (unpaired) electrons. The van der Waals surface area contributed by atoms with Gasteiger partial charge in [-0.3, -0.25) is 0 Å². The molecule has 0 aliphatic carbocycles. The lowest BCUT2D eigenvalue weighted by Crippen LogP contribution is -2.17. The Morgan fingerprint density at radius 1 is 0.692 bits per heavy atom. The molecule has 3 aromatic rings. The Kier molecular flexibility index (Phi) is 7.84. The molecule has 0 unspecified atom stereocenters. The molecular weight excluding hydrogens is 572 g/mol. The van der Waals surface area contributed by atoms with Crippen LogP contribution in [0.3, 0.4) is 0 Å². The van der Waals surface area contributed by atoms with Crippen molar-refractivity contribution in [2.75, 3.05) is 5.73 Å². The number of nitrogens with two attached hydrogens (primary N) is 1. The van der Waals surface area contributed by atoms with Gasteiger partial charge in [0.15, 0.2) is 25.5 Å². The summed E-state index contributed by atoms with van der Waals surface area (Å²) >= 11 is 0. The summed E-state index contributed by atoms with van der Waals surface area (Å²) in [6.07, 6.45) is -8.85. The second-order valence-electron chi connectivity index (χ2n) is 9.10. The van der Waals surface area contributed by atoms with E-state index in [9.17, 15) is 43.2 Å². The highest BCUT2D eigenvalue weighted by Crippen LogP contribution is 2.40. The van der Waals surface area contributed by atoms with Crippen LogP contribution in [0.4, 0.5) is 32.2 Å². The molecule has 39 heavy (non-hydrogen) atoms. The van der Waals surface area contributed by atoms with Gasteiger partial charge in [-0.15, -0.1) is 0 Å². The molecule has 1 aromatic heterocycles. The summed E-state index contributed by atoms with van der Waals surface area (Å²) in [4.78, 5) is 6.79. The van der Waals surface area contributed by atoms with E-state index in [1.165, 1.54) is 27.7 Å². The molecule has 0 spiro atoms. The average molecular weight is 596 g/mol. The molecule has 2 N–H and O–H groups in total. The van der Waals surface area contributed by atoms with E-state index in [0.717, 1.165) is 18.3 Å². The Hall–Kier alpha value is -3.20. The first-order valence-corrected chi connectivity index (χ1v) is 14.3. The van der Waals surface area contributed by atoms with E-state index in [1.807, 2.05) is 0 Å². The van der Waals surface area contributed by atoms with Crippen molar-refractivity contribution in [3.63, 3.8) is 0 Å². The van der Waals surface area contributed by atoms with Crippen molar-refractivity contribution in [2.45, 2.75) is 60.3 Å². The van der Waals surface area contributed by atoms with E-state index in [4.69, 9.17) is 5.73 Å². The van der Waals surface area contributed by atoms with Gasteiger partial charge in [-0.2, -0.15) is 26.3 Å². The number of halogens is 6. The number of benzene rings is 2. The minimum atomic E-state index is -4.85. The molecule has 2 aromatic carbocycles. The van der Waals surface area contributed by atoms with E-state index in [1.54, 1.807) is 0 Å². The number of aromatic nitrogens is 2. The number of hydrogen-bond acceptors (Lipinski definition) is 7. The molecular formula is C24H23F6N3O4S2. The van der Waals surface area contributed by atoms with Crippen molar-refractivity contribution in [1.82, 2.24) is 9.97 Å². The number of sulfone groups is 2. The summed E-state index contributed by atoms with van der Waals surface area (Å²) in [5.41, 5.74) is 2.25. The zero-order valence-corrected chi connectivity index (χ0v) is 22.5. The molecule has 0 aliphatic rings. The van der Waals surface area contributed by atoms with Crippen molar-refractivity contribution in [2.24, 2.45) is 0 Å². The average Bonchev–Trinajstić information content (AvgIpc) is 2.81. The van der Waals surface area contributed by atoms with Crippen LogP contribution < -0.4 is 5.73 Å². The van der Waals surface area contributed by atoms with E-state index >= 15 is 0 Å². The van der Waals surface area contributed by atoms with Crippen LogP contribution in [-0.4, -0.2) is 37.3 Å². The number of nitrogen functional groups attached to an aromatic ring is 1. The predicted octanol–water partition coefficient (Wildman–Crippen LogP) is 5.79. The first-order valence-electron chi connectivity index (χ1n) is 11.2. The van der Waals surface area contributed by atoms with Gasteiger partial charge in [0, 0.05) is 22.9 Å². The van der Waals surface area contributed by atoms with Gasteiger partial charge in [0.05, 0.1) is 31.4 Å². The van der Waals surface area contributed by atoms with Gasteiger partial charge in [0.1, 0.15) is 5.82 Å². The Labute approximate surface area is 220 Å². The Morgan fingerprint density at radius 2 is 1.10 bits per heavy atom. The van der Waals surface area contributed by atoms with Gasteiger partial charge >= 0.3 is 12.4 Å². The molecule has 15 heteroatoms. The lowest BCUT2D eigenvalue weighted by molar-refractivity contribution is -0.138. The van der Waals surface area contributed by atoms with Crippen molar-refractivity contribution >= 4 is 25.5 Å². The van der Waals surface area contributed by atoms with E-state index in [-0.39, 0.29) is 5.56 Å². The van der Waals surface area contributed by atoms with Crippen molar-refractivity contribution < 1.29 is 43.2 Å². The zero-order valence-electron chi connectivity index (χ0n) is 20.9. The maximum Gasteiger partial charge on any atom is 0.416 e. The first-order chi connectivity index (χ1) is 17.7. The monoisotopic (exact) mass is 595 g/mol. The van der Waals surface area contributed by atoms with E-state index in [2.05, 4.69) is 9.97 Å². The summed E-state index contributed by atoms with van der Waals surface area (Å²) in [6, 6.07) is 3.81. The minimum absolute atomic E-state index is 0.343. The van der Waals surface area contributed by atoms with Gasteiger partial charge in [0.25, 0.3) is 0 Å². The van der Waals surface area contributed by atoms with E-state index in [0.29, 0.717) is 24.3 Å². The lowest BCUT2D eigenvalue weighted by Gasteiger charge is -2.18. The molecule has 7 nitrogen and oxygen atoms in total. The highest BCUT2D eigenvalue weighted by Gasteiger charge is 2.35.